The van der Waals surface area contributed by atoms with Crippen LogP contribution >= 0.6 is 11.3 Å². The van der Waals surface area contributed by atoms with Gasteiger partial charge in [0, 0.05) is 12.4 Å². The first kappa shape index (κ1) is 12.4. The Hall–Kier alpha value is -1.60. The van der Waals surface area contributed by atoms with Crippen molar-refractivity contribution in [3.8, 4) is 0 Å². The smallest absolute Gasteiger partial charge is 0.254 e. The molecule has 0 radical (unpaired) electrons. The van der Waals surface area contributed by atoms with Crippen LogP contribution in [0.3, 0.4) is 0 Å². The molecule has 2 aromatic rings. The highest BCUT2D eigenvalue weighted by Gasteiger charge is 2.37. The van der Waals surface area contributed by atoms with E-state index in [1.54, 1.807) is 13.1 Å². The fraction of sp³-hybridized carbons (Fsp3) is 0.250. The van der Waals surface area contributed by atoms with E-state index in [2.05, 4.69) is 4.98 Å². The van der Waals surface area contributed by atoms with Crippen LogP contribution in [-0.4, -0.2) is 20.4 Å². The number of para-hydroxylation sites is 2. The maximum Gasteiger partial charge on any atom is 0.326 e. The average Bonchev–Trinajstić information content (AvgIpc) is 2.87. The van der Waals surface area contributed by atoms with E-state index in [9.17, 15) is 8.42 Å². The Bertz CT molecular complexity index is 724. The van der Waals surface area contributed by atoms with Crippen molar-refractivity contribution >= 4 is 32.9 Å². The number of nitrogens with zero attached hydrogens (tertiary/aromatic N) is 3. The van der Waals surface area contributed by atoms with Gasteiger partial charge in [-0.25, -0.2) is 9.29 Å². The summed E-state index contributed by atoms with van der Waals surface area (Å²) in [6.45, 7) is 2.18. The number of hydrogen-bond acceptors (Lipinski definition) is 4. The Morgan fingerprint density at radius 1 is 1.26 bits per heavy atom. The quantitative estimate of drug-likeness (QED) is 0.853. The lowest BCUT2D eigenvalue weighted by Crippen LogP contribution is -2.35. The Labute approximate surface area is 116 Å². The molecule has 0 bridgehead atoms. The zero-order valence-electron chi connectivity index (χ0n) is 10.6. The van der Waals surface area contributed by atoms with E-state index in [1.165, 1.54) is 19.9 Å². The van der Waals surface area contributed by atoms with Crippen molar-refractivity contribution in [3.05, 3.63) is 40.3 Å². The van der Waals surface area contributed by atoms with E-state index in [1.807, 2.05) is 30.5 Å². The van der Waals surface area contributed by atoms with Crippen LogP contribution in [-0.2, 0) is 16.8 Å². The second kappa shape index (κ2) is 4.21. The maximum atomic E-state index is 12.4. The Morgan fingerprint density at radius 3 is 2.58 bits per heavy atom. The molecule has 3 rings (SSSR count). The summed E-state index contributed by atoms with van der Waals surface area (Å²) in [7, 11) is -1.91. The summed E-state index contributed by atoms with van der Waals surface area (Å²) in [6, 6.07) is 7.29. The van der Waals surface area contributed by atoms with Crippen LogP contribution < -0.4 is 8.61 Å². The van der Waals surface area contributed by atoms with Gasteiger partial charge in [0.1, 0.15) is 0 Å². The normalized spacial score (nSPS) is 16.7. The molecular formula is C12H13N3O2S2. The molecule has 0 aliphatic carbocycles. The number of benzene rings is 1. The zero-order valence-corrected chi connectivity index (χ0v) is 12.2. The van der Waals surface area contributed by atoms with E-state index in [-0.39, 0.29) is 6.54 Å². The summed E-state index contributed by atoms with van der Waals surface area (Å²) in [5.41, 5.74) is 2.18. The predicted octanol–water partition coefficient (Wildman–Crippen LogP) is 2.15. The summed E-state index contributed by atoms with van der Waals surface area (Å²) in [6.07, 6.45) is 0. The summed E-state index contributed by atoms with van der Waals surface area (Å²) < 4.78 is 27.5. The summed E-state index contributed by atoms with van der Waals surface area (Å²) in [4.78, 5) is 4.33. The van der Waals surface area contributed by atoms with Crippen LogP contribution in [0.4, 0.5) is 11.4 Å². The molecular weight excluding hydrogens is 282 g/mol. The van der Waals surface area contributed by atoms with Gasteiger partial charge in [0.25, 0.3) is 0 Å². The van der Waals surface area contributed by atoms with Gasteiger partial charge in [0.05, 0.1) is 28.6 Å². The van der Waals surface area contributed by atoms with Crippen LogP contribution in [0.1, 0.15) is 10.7 Å². The zero-order chi connectivity index (χ0) is 13.6. The lowest BCUT2D eigenvalue weighted by atomic mass is 10.2. The number of thiazole rings is 1. The third-order valence-corrected chi connectivity index (χ3v) is 5.68. The van der Waals surface area contributed by atoms with Gasteiger partial charge in [-0.05, 0) is 19.1 Å². The summed E-state index contributed by atoms with van der Waals surface area (Å²) in [5.74, 6) is 0. The molecule has 5 nitrogen and oxygen atoms in total. The highest BCUT2D eigenvalue weighted by atomic mass is 32.2. The van der Waals surface area contributed by atoms with Crippen LogP contribution in [0.25, 0.3) is 0 Å². The second-order valence-corrected chi connectivity index (χ2v) is 7.27. The Balaban J connectivity index is 2.05. The van der Waals surface area contributed by atoms with E-state index in [4.69, 9.17) is 0 Å². The number of rotatable bonds is 2. The number of anilines is 2. The third-order valence-electron chi connectivity index (χ3n) is 3.09. The molecule has 0 amide bonds. The molecule has 0 saturated heterocycles. The van der Waals surface area contributed by atoms with Crippen molar-refractivity contribution in [2.75, 3.05) is 15.7 Å². The predicted molar refractivity (Wildman–Crippen MR) is 76.8 cm³/mol. The second-order valence-electron chi connectivity index (χ2n) is 4.33. The SMILES string of the molecule is Cc1nc(CN2c3ccccc3N(C)S2(=O)=O)cs1. The van der Waals surface area contributed by atoms with E-state index in [0.717, 1.165) is 10.7 Å². The average molecular weight is 295 g/mol. The largest absolute Gasteiger partial charge is 0.326 e. The van der Waals surface area contributed by atoms with Gasteiger partial charge >= 0.3 is 10.2 Å². The standard InChI is InChI=1S/C12H13N3O2S2/c1-9-13-10(8-18-9)7-15-12-6-4-3-5-11(12)14(2)19(15,16)17/h3-6,8H,7H2,1-2H3. The van der Waals surface area contributed by atoms with Gasteiger partial charge in [-0.1, -0.05) is 12.1 Å². The first-order chi connectivity index (χ1) is 9.00. The summed E-state index contributed by atoms with van der Waals surface area (Å²) in [5, 5.41) is 2.83. The first-order valence-electron chi connectivity index (χ1n) is 5.77. The maximum absolute atomic E-state index is 12.4. The minimum absolute atomic E-state index is 0.272. The van der Waals surface area contributed by atoms with Crippen LogP contribution in [0, 0.1) is 6.92 Å². The summed E-state index contributed by atoms with van der Waals surface area (Å²) >= 11 is 1.52. The number of aryl methyl sites for hydroxylation is 1. The number of aromatic nitrogens is 1. The molecule has 19 heavy (non-hydrogen) atoms. The lowest BCUT2D eigenvalue weighted by molar-refractivity contribution is 0.591. The molecule has 1 aliphatic rings. The highest BCUT2D eigenvalue weighted by molar-refractivity contribution is 7.94. The van der Waals surface area contributed by atoms with Gasteiger partial charge in [-0.3, -0.25) is 4.31 Å². The van der Waals surface area contributed by atoms with Crippen molar-refractivity contribution in [1.29, 1.82) is 0 Å². The molecule has 0 unspecified atom stereocenters. The van der Waals surface area contributed by atoms with Gasteiger partial charge in [-0.2, -0.15) is 8.42 Å². The molecule has 100 valence electrons. The van der Waals surface area contributed by atoms with E-state index >= 15 is 0 Å². The lowest BCUT2D eigenvalue weighted by Gasteiger charge is -2.17. The van der Waals surface area contributed by atoms with Crippen molar-refractivity contribution < 1.29 is 8.42 Å². The van der Waals surface area contributed by atoms with Crippen molar-refractivity contribution in [2.45, 2.75) is 13.5 Å². The molecule has 7 heteroatoms. The molecule has 1 aliphatic heterocycles. The monoisotopic (exact) mass is 295 g/mol. The van der Waals surface area contributed by atoms with Gasteiger partial charge < -0.3 is 0 Å². The molecule has 0 saturated carbocycles. The van der Waals surface area contributed by atoms with Gasteiger partial charge in [-0.15, -0.1) is 11.3 Å². The molecule has 0 fully saturated rings. The van der Waals surface area contributed by atoms with Crippen LogP contribution in [0.5, 0.6) is 0 Å². The molecule has 1 aromatic carbocycles. The minimum Gasteiger partial charge on any atom is -0.254 e. The third kappa shape index (κ3) is 1.89. The molecule has 0 N–H and O–H groups in total. The van der Waals surface area contributed by atoms with Gasteiger partial charge in [0.2, 0.25) is 0 Å². The Morgan fingerprint density at radius 2 is 1.95 bits per heavy atom. The first-order valence-corrected chi connectivity index (χ1v) is 8.04. The minimum atomic E-state index is -3.48. The topological polar surface area (TPSA) is 53.5 Å². The molecule has 1 aromatic heterocycles. The van der Waals surface area contributed by atoms with Crippen molar-refractivity contribution in [2.24, 2.45) is 0 Å². The van der Waals surface area contributed by atoms with Crippen LogP contribution in [0.15, 0.2) is 29.6 Å². The van der Waals surface area contributed by atoms with E-state index in [0.29, 0.717) is 11.4 Å². The molecule has 2 heterocycles. The number of hydrogen-bond donors (Lipinski definition) is 0. The highest BCUT2D eigenvalue weighted by Crippen LogP contribution is 2.40. The molecule has 0 spiro atoms. The fourth-order valence-electron chi connectivity index (χ4n) is 2.13. The van der Waals surface area contributed by atoms with Crippen molar-refractivity contribution in [3.63, 3.8) is 0 Å². The van der Waals surface area contributed by atoms with Gasteiger partial charge in [0.15, 0.2) is 0 Å². The van der Waals surface area contributed by atoms with Crippen LogP contribution in [0.2, 0.25) is 0 Å². The van der Waals surface area contributed by atoms with Crippen molar-refractivity contribution in [1.82, 2.24) is 4.98 Å². The fourth-order valence-corrected chi connectivity index (χ4v) is 4.13. The van der Waals surface area contributed by atoms with E-state index < -0.39 is 10.2 Å². The Kier molecular flexibility index (Phi) is 2.75. The number of fused-ring (bicyclic) bond motifs is 1. The molecule has 0 atom stereocenters.